The monoisotopic (exact) mass is 352 g/mol. The molecule has 0 radical (unpaired) electrons. The molecule has 1 aromatic carbocycles. The summed E-state index contributed by atoms with van der Waals surface area (Å²) in [5.41, 5.74) is 4.56. The SMILES string of the molecule is COc1ccc(C(C)(C)C(=O)NCC(F)(F)CN)cc1OC.Cl. The van der Waals surface area contributed by atoms with Crippen LogP contribution in [0.3, 0.4) is 0 Å². The van der Waals surface area contributed by atoms with Gasteiger partial charge in [-0.3, -0.25) is 4.79 Å². The van der Waals surface area contributed by atoms with Crippen LogP contribution in [0, 0.1) is 0 Å². The lowest BCUT2D eigenvalue weighted by atomic mass is 9.83. The zero-order valence-corrected chi connectivity index (χ0v) is 14.4. The Balaban J connectivity index is 0.00000484. The Bertz CT molecular complexity index is 539. The molecule has 5 nitrogen and oxygen atoms in total. The summed E-state index contributed by atoms with van der Waals surface area (Å²) in [5.74, 6) is -2.65. The standard InChI is InChI=1S/C15H22F2N2O3.ClH/c1-14(2,13(20)19-9-15(16,17)8-18)10-5-6-11(21-3)12(7-10)22-4;/h5-7H,8-9,18H2,1-4H3,(H,19,20);1H. The summed E-state index contributed by atoms with van der Waals surface area (Å²) in [7, 11) is 2.99. The van der Waals surface area contributed by atoms with Gasteiger partial charge >= 0.3 is 0 Å². The van der Waals surface area contributed by atoms with Gasteiger partial charge in [-0.05, 0) is 31.5 Å². The van der Waals surface area contributed by atoms with Crippen LogP contribution in [0.5, 0.6) is 11.5 Å². The predicted molar refractivity (Wildman–Crippen MR) is 86.8 cm³/mol. The molecule has 0 spiro atoms. The molecule has 1 aromatic rings. The van der Waals surface area contributed by atoms with Gasteiger partial charge in [0.25, 0.3) is 5.92 Å². The molecule has 132 valence electrons. The third-order valence-corrected chi connectivity index (χ3v) is 3.48. The molecule has 1 rings (SSSR count). The molecule has 0 aliphatic heterocycles. The van der Waals surface area contributed by atoms with Crippen LogP contribution in [0.25, 0.3) is 0 Å². The summed E-state index contributed by atoms with van der Waals surface area (Å²) in [5, 5.41) is 2.24. The molecule has 0 aliphatic carbocycles. The zero-order valence-electron chi connectivity index (χ0n) is 13.6. The second-order valence-corrected chi connectivity index (χ2v) is 5.44. The van der Waals surface area contributed by atoms with Crippen molar-refractivity contribution < 1.29 is 23.0 Å². The number of carbonyl (C=O) groups excluding carboxylic acids is 1. The topological polar surface area (TPSA) is 73.6 Å². The minimum absolute atomic E-state index is 0. The molecular formula is C15H23ClF2N2O3. The highest BCUT2D eigenvalue weighted by atomic mass is 35.5. The molecule has 0 atom stereocenters. The van der Waals surface area contributed by atoms with Crippen molar-refractivity contribution in [2.75, 3.05) is 27.3 Å². The summed E-state index contributed by atoms with van der Waals surface area (Å²) < 4.78 is 36.6. The van der Waals surface area contributed by atoms with Crippen molar-refractivity contribution in [3.05, 3.63) is 23.8 Å². The Morgan fingerprint density at radius 1 is 1.22 bits per heavy atom. The zero-order chi connectivity index (χ0) is 17.0. The number of halogens is 3. The maximum Gasteiger partial charge on any atom is 0.277 e. The molecule has 0 bridgehead atoms. The first-order chi connectivity index (χ1) is 10.2. The molecule has 0 saturated carbocycles. The van der Waals surface area contributed by atoms with Crippen molar-refractivity contribution in [3.8, 4) is 11.5 Å². The van der Waals surface area contributed by atoms with Gasteiger partial charge in [-0.1, -0.05) is 6.07 Å². The van der Waals surface area contributed by atoms with Gasteiger partial charge in [0.15, 0.2) is 11.5 Å². The molecule has 0 unspecified atom stereocenters. The smallest absolute Gasteiger partial charge is 0.277 e. The van der Waals surface area contributed by atoms with Crippen LogP contribution in [0.15, 0.2) is 18.2 Å². The summed E-state index contributed by atoms with van der Waals surface area (Å²) in [4.78, 5) is 12.2. The number of carbonyl (C=O) groups is 1. The van der Waals surface area contributed by atoms with Gasteiger partial charge in [-0.15, -0.1) is 12.4 Å². The minimum Gasteiger partial charge on any atom is -0.493 e. The van der Waals surface area contributed by atoms with Crippen molar-refractivity contribution in [3.63, 3.8) is 0 Å². The van der Waals surface area contributed by atoms with E-state index in [-0.39, 0.29) is 12.4 Å². The molecule has 0 saturated heterocycles. The number of rotatable bonds is 7. The Labute approximate surface area is 140 Å². The van der Waals surface area contributed by atoms with Gasteiger partial charge in [0.2, 0.25) is 5.91 Å². The number of hydrogen-bond donors (Lipinski definition) is 2. The van der Waals surface area contributed by atoms with Gasteiger partial charge in [0, 0.05) is 0 Å². The predicted octanol–water partition coefficient (Wildman–Crippen LogP) is 2.11. The number of alkyl halides is 2. The van der Waals surface area contributed by atoms with Crippen LogP contribution in [0.2, 0.25) is 0 Å². The van der Waals surface area contributed by atoms with Gasteiger partial charge in [-0.2, -0.15) is 0 Å². The maximum absolute atomic E-state index is 13.1. The van der Waals surface area contributed by atoms with Crippen LogP contribution < -0.4 is 20.5 Å². The van der Waals surface area contributed by atoms with E-state index in [1.807, 2.05) is 0 Å². The Kier molecular flexibility index (Phi) is 7.73. The average molecular weight is 353 g/mol. The van der Waals surface area contributed by atoms with Gasteiger partial charge < -0.3 is 20.5 Å². The van der Waals surface area contributed by atoms with Crippen molar-refractivity contribution in [2.45, 2.75) is 25.2 Å². The fraction of sp³-hybridized carbons (Fsp3) is 0.533. The van der Waals surface area contributed by atoms with Gasteiger partial charge in [-0.25, -0.2) is 8.78 Å². The molecule has 1 amide bonds. The molecule has 0 heterocycles. The van der Waals surface area contributed by atoms with Gasteiger partial charge in [0.05, 0.1) is 32.7 Å². The summed E-state index contributed by atoms with van der Waals surface area (Å²) in [6.07, 6.45) is 0. The van der Waals surface area contributed by atoms with E-state index in [2.05, 4.69) is 5.32 Å². The first-order valence-corrected chi connectivity index (χ1v) is 6.76. The Morgan fingerprint density at radius 2 is 1.78 bits per heavy atom. The lowest BCUT2D eigenvalue weighted by Crippen LogP contribution is -2.47. The van der Waals surface area contributed by atoms with E-state index >= 15 is 0 Å². The quantitative estimate of drug-likeness (QED) is 0.788. The molecule has 0 fully saturated rings. The van der Waals surface area contributed by atoms with Crippen LogP contribution >= 0.6 is 12.4 Å². The van der Waals surface area contributed by atoms with Gasteiger partial charge in [0.1, 0.15) is 0 Å². The van der Waals surface area contributed by atoms with Crippen LogP contribution in [-0.2, 0) is 10.2 Å². The summed E-state index contributed by atoms with van der Waals surface area (Å²) >= 11 is 0. The Morgan fingerprint density at radius 3 is 2.26 bits per heavy atom. The largest absolute Gasteiger partial charge is 0.493 e. The van der Waals surface area contributed by atoms with Crippen molar-refractivity contribution in [1.29, 1.82) is 0 Å². The van der Waals surface area contributed by atoms with Crippen LogP contribution in [0.1, 0.15) is 19.4 Å². The molecule has 23 heavy (non-hydrogen) atoms. The highest BCUT2D eigenvalue weighted by Gasteiger charge is 2.34. The fourth-order valence-corrected chi connectivity index (χ4v) is 1.86. The number of hydrogen-bond acceptors (Lipinski definition) is 4. The maximum atomic E-state index is 13.1. The third kappa shape index (κ3) is 5.21. The number of methoxy groups -OCH3 is 2. The minimum atomic E-state index is -3.12. The number of benzene rings is 1. The highest BCUT2D eigenvalue weighted by molar-refractivity contribution is 5.87. The number of ether oxygens (including phenoxy) is 2. The lowest BCUT2D eigenvalue weighted by Gasteiger charge is -2.26. The van der Waals surface area contributed by atoms with E-state index in [4.69, 9.17) is 15.2 Å². The van der Waals surface area contributed by atoms with E-state index in [0.29, 0.717) is 17.1 Å². The highest BCUT2D eigenvalue weighted by Crippen LogP contribution is 2.33. The second kappa shape index (κ2) is 8.31. The van der Waals surface area contributed by atoms with E-state index in [1.54, 1.807) is 32.0 Å². The van der Waals surface area contributed by atoms with Crippen LogP contribution in [0.4, 0.5) is 8.78 Å². The number of nitrogens with one attached hydrogen (secondary N) is 1. The van der Waals surface area contributed by atoms with Crippen molar-refractivity contribution >= 4 is 18.3 Å². The van der Waals surface area contributed by atoms with Crippen molar-refractivity contribution in [2.24, 2.45) is 5.73 Å². The average Bonchev–Trinajstić information content (AvgIpc) is 2.51. The molecule has 0 aromatic heterocycles. The molecule has 8 heteroatoms. The lowest BCUT2D eigenvalue weighted by molar-refractivity contribution is -0.127. The number of nitrogens with two attached hydrogens (primary N) is 1. The number of amides is 1. The van der Waals surface area contributed by atoms with E-state index < -0.39 is 30.3 Å². The van der Waals surface area contributed by atoms with E-state index in [9.17, 15) is 13.6 Å². The molecule has 0 aliphatic rings. The fourth-order valence-electron chi connectivity index (χ4n) is 1.86. The van der Waals surface area contributed by atoms with Crippen LogP contribution in [-0.4, -0.2) is 39.1 Å². The normalized spacial score (nSPS) is 11.4. The molecular weight excluding hydrogens is 330 g/mol. The third-order valence-electron chi connectivity index (χ3n) is 3.48. The second-order valence-electron chi connectivity index (χ2n) is 5.44. The van der Waals surface area contributed by atoms with E-state index in [1.165, 1.54) is 14.2 Å². The van der Waals surface area contributed by atoms with Crippen molar-refractivity contribution in [1.82, 2.24) is 5.32 Å². The first kappa shape index (κ1) is 21.4. The molecule has 3 N–H and O–H groups in total. The summed E-state index contributed by atoms with van der Waals surface area (Å²) in [6, 6.07) is 5.01. The first-order valence-electron chi connectivity index (χ1n) is 6.76. The Hall–Kier alpha value is -1.60. The summed E-state index contributed by atoms with van der Waals surface area (Å²) in [6.45, 7) is 1.68. The van der Waals surface area contributed by atoms with E-state index in [0.717, 1.165) is 0 Å².